The van der Waals surface area contributed by atoms with E-state index in [0.29, 0.717) is 12.2 Å². The van der Waals surface area contributed by atoms with Crippen molar-refractivity contribution in [2.45, 2.75) is 26.8 Å². The Bertz CT molecular complexity index is 1170. The zero-order valence-electron chi connectivity index (χ0n) is 17.6. The molecule has 0 spiro atoms. The molecule has 8 heteroatoms. The molecule has 0 aliphatic rings. The smallest absolute Gasteiger partial charge is 0.330 e. The van der Waals surface area contributed by atoms with E-state index in [9.17, 15) is 14.4 Å². The summed E-state index contributed by atoms with van der Waals surface area (Å²) in [5.41, 5.74) is 6.60. The van der Waals surface area contributed by atoms with Gasteiger partial charge in [-0.3, -0.25) is 19.1 Å². The second-order valence-corrected chi connectivity index (χ2v) is 7.16. The van der Waals surface area contributed by atoms with Crippen LogP contribution in [0, 0.1) is 6.92 Å². The maximum Gasteiger partial charge on any atom is 0.330 e. The van der Waals surface area contributed by atoms with Gasteiger partial charge < -0.3 is 15.4 Å². The summed E-state index contributed by atoms with van der Waals surface area (Å²) in [6.07, 6.45) is 0.590. The predicted octanol–water partition coefficient (Wildman–Crippen LogP) is 2.30. The van der Waals surface area contributed by atoms with E-state index >= 15 is 0 Å². The van der Waals surface area contributed by atoms with E-state index in [1.165, 1.54) is 9.47 Å². The molecule has 0 aliphatic carbocycles. The van der Waals surface area contributed by atoms with E-state index in [1.807, 2.05) is 62.4 Å². The van der Waals surface area contributed by atoms with Crippen molar-refractivity contribution < 1.29 is 9.53 Å². The molecule has 1 heterocycles. The van der Waals surface area contributed by atoms with Crippen LogP contribution >= 0.6 is 0 Å². The molecular formula is C23H26N4O4. The van der Waals surface area contributed by atoms with Crippen molar-refractivity contribution in [1.82, 2.24) is 9.55 Å². The first-order chi connectivity index (χ1) is 14.9. The molecule has 0 saturated carbocycles. The number of hydrogen-bond acceptors (Lipinski definition) is 5. The largest absolute Gasteiger partial charge is 0.483 e. The number of carbonyl (C=O) groups excluding carboxylic acids is 1. The van der Waals surface area contributed by atoms with Crippen LogP contribution in [0.3, 0.4) is 0 Å². The van der Waals surface area contributed by atoms with Crippen LogP contribution in [0.15, 0.2) is 64.2 Å². The van der Waals surface area contributed by atoms with Gasteiger partial charge in [0, 0.05) is 6.54 Å². The fraction of sp³-hybridized carbons (Fsp3) is 0.261. The van der Waals surface area contributed by atoms with Crippen LogP contribution < -0.4 is 26.6 Å². The number of aromatic amines is 1. The number of rotatable bonds is 8. The lowest BCUT2D eigenvalue weighted by Crippen LogP contribution is -2.43. The number of aromatic nitrogens is 2. The first-order valence-corrected chi connectivity index (χ1v) is 10.1. The number of hydrogen-bond donors (Lipinski definition) is 2. The van der Waals surface area contributed by atoms with Crippen LogP contribution in [-0.4, -0.2) is 28.6 Å². The lowest BCUT2D eigenvalue weighted by molar-refractivity contribution is -0.120. The fourth-order valence-electron chi connectivity index (χ4n) is 3.28. The Labute approximate surface area is 179 Å². The molecule has 31 heavy (non-hydrogen) atoms. The second-order valence-electron chi connectivity index (χ2n) is 7.16. The van der Waals surface area contributed by atoms with Gasteiger partial charge in [0.05, 0.1) is 6.54 Å². The number of H-pyrrole nitrogens is 1. The van der Waals surface area contributed by atoms with Crippen LogP contribution in [0.1, 0.15) is 24.5 Å². The molecule has 1 amide bonds. The number of nitrogens with two attached hydrogens (primary N) is 1. The van der Waals surface area contributed by atoms with E-state index in [1.54, 1.807) is 6.07 Å². The first kappa shape index (κ1) is 21.9. The van der Waals surface area contributed by atoms with Gasteiger partial charge in [-0.05, 0) is 30.5 Å². The number of benzene rings is 2. The van der Waals surface area contributed by atoms with Crippen molar-refractivity contribution in [1.29, 1.82) is 0 Å². The van der Waals surface area contributed by atoms with Crippen molar-refractivity contribution in [3.8, 4) is 5.75 Å². The number of anilines is 2. The molecule has 1 aromatic heterocycles. The van der Waals surface area contributed by atoms with E-state index in [4.69, 9.17) is 10.5 Å². The third-order valence-corrected chi connectivity index (χ3v) is 4.86. The van der Waals surface area contributed by atoms with E-state index in [-0.39, 0.29) is 31.2 Å². The summed E-state index contributed by atoms with van der Waals surface area (Å²) in [7, 11) is 0. The number of nitrogen functional groups attached to an aromatic ring is 1. The molecule has 162 valence electrons. The van der Waals surface area contributed by atoms with Gasteiger partial charge in [-0.25, -0.2) is 4.79 Å². The Morgan fingerprint density at radius 1 is 1.10 bits per heavy atom. The van der Waals surface area contributed by atoms with Gasteiger partial charge in [0.25, 0.3) is 11.5 Å². The number of nitrogens with one attached hydrogen (secondary N) is 1. The number of nitrogens with zero attached hydrogens (tertiary/aromatic N) is 2. The fourth-order valence-corrected chi connectivity index (χ4v) is 3.28. The zero-order valence-corrected chi connectivity index (χ0v) is 17.6. The molecule has 0 aliphatic heterocycles. The van der Waals surface area contributed by atoms with Crippen LogP contribution in [0.2, 0.25) is 0 Å². The molecule has 3 rings (SSSR count). The highest BCUT2D eigenvalue weighted by Gasteiger charge is 2.24. The quantitative estimate of drug-likeness (QED) is 0.579. The van der Waals surface area contributed by atoms with Crippen LogP contribution in [0.5, 0.6) is 5.75 Å². The van der Waals surface area contributed by atoms with Crippen molar-refractivity contribution >= 4 is 17.4 Å². The predicted molar refractivity (Wildman–Crippen MR) is 121 cm³/mol. The molecule has 3 aromatic rings. The summed E-state index contributed by atoms with van der Waals surface area (Å²) in [5, 5.41) is 0. The summed E-state index contributed by atoms with van der Waals surface area (Å²) in [6, 6.07) is 16.6. The monoisotopic (exact) mass is 422 g/mol. The average molecular weight is 422 g/mol. The Kier molecular flexibility index (Phi) is 6.92. The normalized spacial score (nSPS) is 10.6. The average Bonchev–Trinajstić information content (AvgIpc) is 2.76. The number of ether oxygens (including phenoxy) is 1. The molecule has 0 saturated heterocycles. The van der Waals surface area contributed by atoms with Crippen LogP contribution in [-0.2, 0) is 11.3 Å². The lowest BCUT2D eigenvalue weighted by Gasteiger charge is -2.24. The highest BCUT2D eigenvalue weighted by Crippen LogP contribution is 2.20. The summed E-state index contributed by atoms with van der Waals surface area (Å²) in [5.74, 6) is 0.103. The summed E-state index contributed by atoms with van der Waals surface area (Å²) in [4.78, 5) is 41.6. The number of para-hydroxylation sites is 1. The Balaban J connectivity index is 1.93. The molecular weight excluding hydrogens is 396 g/mol. The van der Waals surface area contributed by atoms with Crippen molar-refractivity contribution in [3.05, 3.63) is 86.6 Å². The van der Waals surface area contributed by atoms with E-state index in [0.717, 1.165) is 11.1 Å². The minimum Gasteiger partial charge on any atom is -0.483 e. The topological polar surface area (TPSA) is 110 Å². The number of amides is 1. The van der Waals surface area contributed by atoms with Gasteiger partial charge in [-0.1, -0.05) is 55.5 Å². The molecule has 0 bridgehead atoms. The second kappa shape index (κ2) is 9.80. The van der Waals surface area contributed by atoms with Crippen molar-refractivity contribution in [2.75, 3.05) is 23.8 Å². The summed E-state index contributed by atoms with van der Waals surface area (Å²) in [6.45, 7) is 3.93. The van der Waals surface area contributed by atoms with Crippen LogP contribution in [0.4, 0.5) is 11.5 Å². The van der Waals surface area contributed by atoms with Gasteiger partial charge in [0.2, 0.25) is 0 Å². The Morgan fingerprint density at radius 3 is 2.45 bits per heavy atom. The zero-order chi connectivity index (χ0) is 22.4. The highest BCUT2D eigenvalue weighted by molar-refractivity contribution is 5.96. The minimum absolute atomic E-state index is 0.0456. The molecule has 2 aromatic carbocycles. The summed E-state index contributed by atoms with van der Waals surface area (Å²) < 4.78 is 6.92. The van der Waals surface area contributed by atoms with Gasteiger partial charge in [0.15, 0.2) is 12.3 Å². The van der Waals surface area contributed by atoms with Gasteiger partial charge in [-0.2, -0.15) is 0 Å². The van der Waals surface area contributed by atoms with Crippen LogP contribution in [0.25, 0.3) is 0 Å². The van der Waals surface area contributed by atoms with Gasteiger partial charge in [0.1, 0.15) is 11.6 Å². The van der Waals surface area contributed by atoms with Gasteiger partial charge >= 0.3 is 5.69 Å². The van der Waals surface area contributed by atoms with E-state index in [2.05, 4.69) is 4.98 Å². The van der Waals surface area contributed by atoms with Crippen molar-refractivity contribution in [2.24, 2.45) is 0 Å². The SMILES string of the molecule is CCCN(C(=O)COc1ccccc1C)c1c(N)n(Cc2ccccc2)c(=O)[nH]c1=O. The lowest BCUT2D eigenvalue weighted by atomic mass is 10.2. The standard InChI is InChI=1S/C23H26N4O4/c1-3-13-26(19(28)15-31-18-12-8-7-9-16(18)2)20-21(24)27(23(30)25-22(20)29)14-17-10-5-4-6-11-17/h4-12H,3,13-15,24H2,1-2H3,(H,25,29,30). The maximum absolute atomic E-state index is 13.0. The molecule has 0 atom stereocenters. The minimum atomic E-state index is -0.704. The van der Waals surface area contributed by atoms with Crippen molar-refractivity contribution in [3.63, 3.8) is 0 Å². The molecule has 8 nitrogen and oxygen atoms in total. The van der Waals surface area contributed by atoms with Gasteiger partial charge in [-0.15, -0.1) is 0 Å². The molecule has 0 fully saturated rings. The Morgan fingerprint density at radius 2 is 1.77 bits per heavy atom. The highest BCUT2D eigenvalue weighted by atomic mass is 16.5. The summed E-state index contributed by atoms with van der Waals surface area (Å²) >= 11 is 0. The Hall–Kier alpha value is -3.81. The number of aryl methyl sites for hydroxylation is 1. The molecule has 3 N–H and O–H groups in total. The molecule has 0 radical (unpaired) electrons. The third-order valence-electron chi connectivity index (χ3n) is 4.86. The maximum atomic E-state index is 13.0. The molecule has 0 unspecified atom stereocenters. The van der Waals surface area contributed by atoms with E-state index < -0.39 is 17.2 Å². The first-order valence-electron chi connectivity index (χ1n) is 10.1. The number of carbonyl (C=O) groups is 1. The third kappa shape index (κ3) is 5.03.